The number of carbonyl (C=O) groups is 2. The van der Waals surface area contributed by atoms with E-state index in [0.717, 1.165) is 22.2 Å². The zero-order valence-corrected chi connectivity index (χ0v) is 11.4. The van der Waals surface area contributed by atoms with Gasteiger partial charge in [-0.2, -0.15) is 0 Å². The maximum atomic E-state index is 12.1. The normalized spacial score (nSPS) is 15.2. The van der Waals surface area contributed by atoms with E-state index in [1.54, 1.807) is 0 Å². The summed E-state index contributed by atoms with van der Waals surface area (Å²) < 4.78 is 0. The van der Waals surface area contributed by atoms with Gasteiger partial charge >= 0.3 is 0 Å². The Balaban J connectivity index is 2.32. The van der Waals surface area contributed by atoms with Crippen LogP contribution in [0.15, 0.2) is 42.5 Å². The number of rotatable bonds is 2. The number of benzene rings is 1. The van der Waals surface area contributed by atoms with E-state index in [-0.39, 0.29) is 17.5 Å². The summed E-state index contributed by atoms with van der Waals surface area (Å²) in [5, 5.41) is 0.985. The number of aromatic nitrogens is 1. The predicted molar refractivity (Wildman–Crippen MR) is 79.5 cm³/mol. The van der Waals surface area contributed by atoms with Gasteiger partial charge in [0.25, 0.3) is 0 Å². The Morgan fingerprint density at radius 3 is 2.55 bits per heavy atom. The van der Waals surface area contributed by atoms with Gasteiger partial charge in [0.1, 0.15) is 0 Å². The molecule has 0 bridgehead atoms. The van der Waals surface area contributed by atoms with E-state index >= 15 is 0 Å². The summed E-state index contributed by atoms with van der Waals surface area (Å²) in [6, 6.07) is 7.85. The fourth-order valence-electron chi connectivity index (χ4n) is 2.59. The lowest BCUT2D eigenvalue weighted by Gasteiger charge is -2.11. The molecule has 0 fully saturated rings. The van der Waals surface area contributed by atoms with Crippen LogP contribution in [0, 0.1) is 0 Å². The van der Waals surface area contributed by atoms with Gasteiger partial charge in [-0.25, -0.2) is 0 Å². The smallest absolute Gasteiger partial charge is 0.186 e. The lowest BCUT2D eigenvalue weighted by molar-refractivity contribution is -0.113. The van der Waals surface area contributed by atoms with Gasteiger partial charge in [-0.05, 0) is 30.2 Å². The zero-order chi connectivity index (χ0) is 14.3. The van der Waals surface area contributed by atoms with Crippen LogP contribution in [0.3, 0.4) is 0 Å². The van der Waals surface area contributed by atoms with Crippen LogP contribution in [0.4, 0.5) is 0 Å². The molecule has 3 nitrogen and oxygen atoms in total. The molecule has 2 aromatic rings. The zero-order valence-electron chi connectivity index (χ0n) is 11.4. The Labute approximate surface area is 117 Å². The van der Waals surface area contributed by atoms with Gasteiger partial charge in [0, 0.05) is 27.7 Å². The molecule has 0 saturated carbocycles. The van der Waals surface area contributed by atoms with Crippen molar-refractivity contribution < 1.29 is 9.59 Å². The first-order chi connectivity index (χ1) is 9.58. The largest absolute Gasteiger partial charge is 0.358 e. The van der Waals surface area contributed by atoms with Gasteiger partial charge in [0.2, 0.25) is 0 Å². The van der Waals surface area contributed by atoms with E-state index in [1.165, 1.54) is 18.2 Å². The van der Waals surface area contributed by atoms with E-state index < -0.39 is 0 Å². The van der Waals surface area contributed by atoms with Crippen LogP contribution in [0.25, 0.3) is 16.5 Å². The van der Waals surface area contributed by atoms with Crippen LogP contribution in [-0.4, -0.2) is 16.6 Å². The van der Waals surface area contributed by atoms with Gasteiger partial charge in [-0.15, -0.1) is 0 Å². The van der Waals surface area contributed by atoms with Crippen molar-refractivity contribution in [3.8, 4) is 0 Å². The van der Waals surface area contributed by atoms with E-state index in [4.69, 9.17) is 0 Å². The molecule has 1 aliphatic rings. The highest BCUT2D eigenvalue weighted by Gasteiger charge is 2.23. The van der Waals surface area contributed by atoms with E-state index in [0.29, 0.717) is 5.57 Å². The molecule has 0 atom stereocenters. The molecule has 3 rings (SSSR count). The maximum absolute atomic E-state index is 12.1. The second-order valence-corrected chi connectivity index (χ2v) is 5.27. The van der Waals surface area contributed by atoms with Gasteiger partial charge in [0.15, 0.2) is 11.6 Å². The quantitative estimate of drug-likeness (QED) is 0.846. The first kappa shape index (κ1) is 12.6. The standard InChI is InChI=1S/C17H15NO2/c1-10(2)17-16(12-5-3-4-6-14(12)18-17)13-9-11(19)7-8-15(13)20/h3-10,18H,1-2H3. The van der Waals surface area contributed by atoms with Crippen molar-refractivity contribution >= 4 is 28.0 Å². The Hall–Kier alpha value is -2.42. The molecule has 0 radical (unpaired) electrons. The SMILES string of the molecule is CC(C)c1[nH]c2ccccc2c1C1=CC(=O)C=CC1=O. The number of H-pyrrole nitrogens is 1. The first-order valence-corrected chi connectivity index (χ1v) is 6.67. The maximum Gasteiger partial charge on any atom is 0.186 e. The summed E-state index contributed by atoms with van der Waals surface area (Å²) in [4.78, 5) is 27.1. The molecule has 0 unspecified atom stereocenters. The molecule has 0 saturated heterocycles. The summed E-state index contributed by atoms with van der Waals surface area (Å²) in [5.74, 6) is -0.0112. The molecule has 20 heavy (non-hydrogen) atoms. The first-order valence-electron chi connectivity index (χ1n) is 6.67. The number of allylic oxidation sites excluding steroid dienone is 4. The van der Waals surface area contributed by atoms with Gasteiger partial charge < -0.3 is 4.98 Å². The van der Waals surface area contributed by atoms with Gasteiger partial charge in [-0.1, -0.05) is 32.0 Å². The number of nitrogens with one attached hydrogen (secondary N) is 1. The number of aromatic amines is 1. The van der Waals surface area contributed by atoms with Crippen LogP contribution in [0.1, 0.15) is 31.0 Å². The van der Waals surface area contributed by atoms with Crippen LogP contribution < -0.4 is 0 Å². The monoisotopic (exact) mass is 265 g/mol. The Morgan fingerprint density at radius 2 is 1.80 bits per heavy atom. The van der Waals surface area contributed by atoms with Crippen molar-refractivity contribution in [2.24, 2.45) is 0 Å². The minimum Gasteiger partial charge on any atom is -0.358 e. The number of para-hydroxylation sites is 1. The molecule has 1 heterocycles. The van der Waals surface area contributed by atoms with E-state index in [9.17, 15) is 9.59 Å². The molecule has 100 valence electrons. The van der Waals surface area contributed by atoms with Crippen LogP contribution in [-0.2, 0) is 9.59 Å². The topological polar surface area (TPSA) is 49.9 Å². The number of hydrogen-bond donors (Lipinski definition) is 1. The second-order valence-electron chi connectivity index (χ2n) is 5.27. The molecular formula is C17H15NO2. The highest BCUT2D eigenvalue weighted by atomic mass is 16.1. The molecular weight excluding hydrogens is 250 g/mol. The van der Waals surface area contributed by atoms with Crippen LogP contribution in [0.2, 0.25) is 0 Å². The van der Waals surface area contributed by atoms with Crippen molar-refractivity contribution in [1.29, 1.82) is 0 Å². The van der Waals surface area contributed by atoms with E-state index in [2.05, 4.69) is 18.8 Å². The lowest BCUT2D eigenvalue weighted by Crippen LogP contribution is -2.08. The van der Waals surface area contributed by atoms with Gasteiger partial charge in [-0.3, -0.25) is 9.59 Å². The van der Waals surface area contributed by atoms with Crippen molar-refractivity contribution in [2.45, 2.75) is 19.8 Å². The Morgan fingerprint density at radius 1 is 1.05 bits per heavy atom. The molecule has 1 N–H and O–H groups in total. The third-order valence-corrected chi connectivity index (χ3v) is 3.53. The van der Waals surface area contributed by atoms with E-state index in [1.807, 2.05) is 24.3 Å². The third-order valence-electron chi connectivity index (χ3n) is 3.53. The summed E-state index contributed by atoms with van der Waals surface area (Å²) in [6.07, 6.45) is 4.10. The summed E-state index contributed by atoms with van der Waals surface area (Å²) in [7, 11) is 0. The molecule has 1 aromatic heterocycles. The van der Waals surface area contributed by atoms with Gasteiger partial charge in [0.05, 0.1) is 0 Å². The molecule has 1 aromatic carbocycles. The Kier molecular flexibility index (Phi) is 2.90. The van der Waals surface area contributed by atoms with Crippen molar-refractivity contribution in [1.82, 2.24) is 4.98 Å². The molecule has 3 heteroatoms. The van der Waals surface area contributed by atoms with Crippen molar-refractivity contribution in [2.75, 3.05) is 0 Å². The highest BCUT2D eigenvalue weighted by molar-refractivity contribution is 6.35. The molecule has 0 aliphatic heterocycles. The fourth-order valence-corrected chi connectivity index (χ4v) is 2.59. The third kappa shape index (κ3) is 1.92. The van der Waals surface area contributed by atoms with Crippen molar-refractivity contribution in [3.63, 3.8) is 0 Å². The summed E-state index contributed by atoms with van der Waals surface area (Å²) in [6.45, 7) is 4.14. The second kappa shape index (κ2) is 4.60. The highest BCUT2D eigenvalue weighted by Crippen LogP contribution is 2.34. The summed E-state index contributed by atoms with van der Waals surface area (Å²) in [5.41, 5.74) is 3.33. The predicted octanol–water partition coefficient (Wildman–Crippen LogP) is 3.38. The minimum absolute atomic E-state index is 0.115. The average Bonchev–Trinajstić information content (AvgIpc) is 2.81. The lowest BCUT2D eigenvalue weighted by atomic mass is 9.91. The van der Waals surface area contributed by atoms with Crippen molar-refractivity contribution in [3.05, 3.63) is 53.8 Å². The Bertz CT molecular complexity index is 775. The number of carbonyl (C=O) groups excluding carboxylic acids is 2. The molecule has 1 aliphatic carbocycles. The fraction of sp³-hybridized carbons (Fsp3) is 0.176. The molecule has 0 amide bonds. The average molecular weight is 265 g/mol. The number of hydrogen-bond acceptors (Lipinski definition) is 2. The number of fused-ring (bicyclic) bond motifs is 1. The summed E-state index contributed by atoms with van der Waals surface area (Å²) >= 11 is 0. The molecule has 0 spiro atoms. The minimum atomic E-state index is -0.139. The van der Waals surface area contributed by atoms with Crippen LogP contribution >= 0.6 is 0 Å². The van der Waals surface area contributed by atoms with Crippen LogP contribution in [0.5, 0.6) is 0 Å². The number of ketones is 2.